The molecule has 2 aliphatic rings. The largest absolute Gasteiger partial charge is 0.475 e. The highest BCUT2D eigenvalue weighted by atomic mass is 16.6. The fraction of sp³-hybridized carbons (Fsp3) is 0.133. The molecule has 1 N–H and O–H groups in total. The van der Waals surface area contributed by atoms with Gasteiger partial charge in [0.05, 0.1) is 32.3 Å². The normalized spacial score (nSPS) is 17.7. The van der Waals surface area contributed by atoms with Gasteiger partial charge in [-0.1, -0.05) is 60.7 Å². The number of anilines is 2. The fourth-order valence-electron chi connectivity index (χ4n) is 4.74. The predicted molar refractivity (Wildman–Crippen MR) is 153 cm³/mol. The predicted octanol–water partition coefficient (Wildman–Crippen LogP) is 6.28. The third-order valence-corrected chi connectivity index (χ3v) is 6.83. The molecular formula is C30H23N5O6. The number of nitro groups is 2. The maximum absolute atomic E-state index is 11.6. The van der Waals surface area contributed by atoms with Crippen molar-refractivity contribution in [2.75, 3.05) is 18.5 Å². The molecule has 11 nitrogen and oxygen atoms in total. The van der Waals surface area contributed by atoms with E-state index in [9.17, 15) is 20.2 Å². The van der Waals surface area contributed by atoms with Gasteiger partial charge >= 0.3 is 0 Å². The Bertz CT molecular complexity index is 1570. The van der Waals surface area contributed by atoms with Crippen LogP contribution in [0.4, 0.5) is 22.7 Å². The van der Waals surface area contributed by atoms with Crippen LogP contribution in [0.5, 0.6) is 0 Å². The van der Waals surface area contributed by atoms with Gasteiger partial charge < -0.3 is 14.8 Å². The summed E-state index contributed by atoms with van der Waals surface area (Å²) < 4.78 is 11.8. The van der Waals surface area contributed by atoms with Crippen molar-refractivity contribution in [3.63, 3.8) is 0 Å². The van der Waals surface area contributed by atoms with Gasteiger partial charge in [-0.3, -0.25) is 20.2 Å². The monoisotopic (exact) mass is 549 g/mol. The lowest BCUT2D eigenvalue weighted by atomic mass is 10.1. The second kappa shape index (κ2) is 10.9. The molecule has 2 aliphatic heterocycles. The Morgan fingerprint density at radius 2 is 1.05 bits per heavy atom. The molecule has 2 heterocycles. The van der Waals surface area contributed by atoms with E-state index in [0.29, 0.717) is 22.5 Å². The van der Waals surface area contributed by atoms with Crippen molar-refractivity contribution in [1.82, 2.24) is 0 Å². The molecule has 0 amide bonds. The van der Waals surface area contributed by atoms with Crippen molar-refractivity contribution in [3.05, 3.63) is 140 Å². The SMILES string of the molecule is O=[N+]([O-])c1ccc(Nc2ccc([N+](=O)[O-])cc2C2=NC(c3ccccc3)CO2)c(C2=NC(c3ccccc3)CO2)c1. The molecule has 0 aromatic heterocycles. The van der Waals surface area contributed by atoms with Crippen LogP contribution in [0.15, 0.2) is 107 Å². The first kappa shape index (κ1) is 25.7. The number of nitro benzene ring substituents is 2. The van der Waals surface area contributed by atoms with E-state index < -0.39 is 9.85 Å². The van der Waals surface area contributed by atoms with Crippen molar-refractivity contribution in [2.24, 2.45) is 9.98 Å². The quantitative estimate of drug-likeness (QED) is 0.201. The van der Waals surface area contributed by atoms with Crippen molar-refractivity contribution >= 4 is 34.5 Å². The van der Waals surface area contributed by atoms with Crippen LogP contribution >= 0.6 is 0 Å². The Morgan fingerprint density at radius 1 is 0.634 bits per heavy atom. The maximum Gasteiger partial charge on any atom is 0.270 e. The van der Waals surface area contributed by atoms with Crippen LogP contribution in [0.2, 0.25) is 0 Å². The summed E-state index contributed by atoms with van der Waals surface area (Å²) in [6.45, 7) is 0.575. The van der Waals surface area contributed by atoms with Crippen molar-refractivity contribution in [3.8, 4) is 0 Å². The molecule has 4 aromatic rings. The number of ether oxygens (including phenoxy) is 2. The third-order valence-electron chi connectivity index (χ3n) is 6.83. The van der Waals surface area contributed by atoms with Gasteiger partial charge in [-0.2, -0.15) is 0 Å². The first-order valence-electron chi connectivity index (χ1n) is 12.8. The van der Waals surface area contributed by atoms with Gasteiger partial charge in [-0.05, 0) is 23.3 Å². The molecule has 0 aliphatic carbocycles. The lowest BCUT2D eigenvalue weighted by Gasteiger charge is -2.15. The van der Waals surface area contributed by atoms with Crippen molar-refractivity contribution in [1.29, 1.82) is 0 Å². The molecule has 0 radical (unpaired) electrons. The van der Waals surface area contributed by atoms with Gasteiger partial charge in [0.25, 0.3) is 11.4 Å². The van der Waals surface area contributed by atoms with Gasteiger partial charge in [-0.25, -0.2) is 9.98 Å². The topological polar surface area (TPSA) is 141 Å². The summed E-state index contributed by atoms with van der Waals surface area (Å²) in [7, 11) is 0. The highest BCUT2D eigenvalue weighted by molar-refractivity contribution is 6.05. The zero-order valence-electron chi connectivity index (χ0n) is 21.5. The van der Waals surface area contributed by atoms with E-state index in [2.05, 4.69) is 5.32 Å². The molecular weight excluding hydrogens is 526 g/mol. The minimum absolute atomic E-state index is 0.127. The summed E-state index contributed by atoms with van der Waals surface area (Å²) in [5, 5.41) is 26.5. The van der Waals surface area contributed by atoms with E-state index in [0.717, 1.165) is 11.1 Å². The van der Waals surface area contributed by atoms with E-state index in [4.69, 9.17) is 19.5 Å². The third kappa shape index (κ3) is 5.33. The van der Waals surface area contributed by atoms with Crippen LogP contribution in [-0.2, 0) is 9.47 Å². The lowest BCUT2D eigenvalue weighted by Crippen LogP contribution is -2.10. The first-order valence-corrected chi connectivity index (χ1v) is 12.8. The van der Waals surface area contributed by atoms with Gasteiger partial charge in [0, 0.05) is 24.3 Å². The summed E-state index contributed by atoms with van der Waals surface area (Å²) in [4.78, 5) is 31.7. The van der Waals surface area contributed by atoms with E-state index in [1.165, 1.54) is 24.3 Å². The van der Waals surface area contributed by atoms with E-state index in [1.807, 2.05) is 60.7 Å². The minimum Gasteiger partial charge on any atom is -0.475 e. The van der Waals surface area contributed by atoms with E-state index in [1.54, 1.807) is 12.1 Å². The Hall–Kier alpha value is -5.58. The minimum atomic E-state index is -0.487. The Kier molecular flexibility index (Phi) is 6.82. The molecule has 0 fully saturated rings. The lowest BCUT2D eigenvalue weighted by molar-refractivity contribution is -0.385. The number of aliphatic imine (C=N–C) groups is 2. The summed E-state index contributed by atoms with van der Waals surface area (Å²) in [6, 6.07) is 27.4. The van der Waals surface area contributed by atoms with Crippen LogP contribution in [0.3, 0.4) is 0 Å². The highest BCUT2D eigenvalue weighted by Gasteiger charge is 2.28. The Morgan fingerprint density at radius 3 is 1.44 bits per heavy atom. The molecule has 4 aromatic carbocycles. The molecule has 0 spiro atoms. The number of nitrogens with one attached hydrogen (secondary N) is 1. The summed E-state index contributed by atoms with van der Waals surface area (Å²) in [5.74, 6) is 0.513. The summed E-state index contributed by atoms with van der Waals surface area (Å²) >= 11 is 0. The average Bonchev–Trinajstić information content (AvgIpc) is 3.69. The number of benzene rings is 4. The van der Waals surface area contributed by atoms with Crippen LogP contribution < -0.4 is 5.32 Å². The Balaban J connectivity index is 1.39. The van der Waals surface area contributed by atoms with E-state index >= 15 is 0 Å². The molecule has 2 unspecified atom stereocenters. The maximum atomic E-state index is 11.6. The van der Waals surface area contributed by atoms with Crippen LogP contribution in [0, 0.1) is 20.2 Å². The Labute approximate surface area is 234 Å². The fourth-order valence-corrected chi connectivity index (χ4v) is 4.74. The van der Waals surface area contributed by atoms with Crippen LogP contribution in [0.1, 0.15) is 34.3 Å². The molecule has 0 bridgehead atoms. The average molecular weight is 550 g/mol. The van der Waals surface area contributed by atoms with Crippen molar-refractivity contribution in [2.45, 2.75) is 12.1 Å². The summed E-state index contributed by atoms with van der Waals surface area (Å²) in [6.07, 6.45) is 0. The van der Waals surface area contributed by atoms with Gasteiger partial charge in [0.1, 0.15) is 25.3 Å². The molecule has 204 valence electrons. The molecule has 11 heteroatoms. The number of non-ortho nitro benzene ring substituents is 2. The number of nitrogens with zero attached hydrogens (tertiary/aromatic N) is 4. The zero-order chi connectivity index (χ0) is 28.3. The van der Waals surface area contributed by atoms with Gasteiger partial charge in [0.15, 0.2) is 0 Å². The molecule has 6 rings (SSSR count). The highest BCUT2D eigenvalue weighted by Crippen LogP contribution is 2.35. The second-order valence-corrected chi connectivity index (χ2v) is 9.44. The number of rotatable bonds is 8. The van der Waals surface area contributed by atoms with Crippen LogP contribution in [0.25, 0.3) is 0 Å². The van der Waals surface area contributed by atoms with E-state index in [-0.39, 0.29) is 48.5 Å². The van der Waals surface area contributed by atoms with Crippen LogP contribution in [-0.4, -0.2) is 34.9 Å². The zero-order valence-corrected chi connectivity index (χ0v) is 21.5. The first-order chi connectivity index (χ1) is 20.0. The molecule has 2 atom stereocenters. The number of hydrogen-bond donors (Lipinski definition) is 1. The van der Waals surface area contributed by atoms with Crippen molar-refractivity contribution < 1.29 is 19.3 Å². The second-order valence-electron chi connectivity index (χ2n) is 9.44. The van der Waals surface area contributed by atoms with Gasteiger partial charge in [-0.15, -0.1) is 0 Å². The molecule has 0 saturated carbocycles. The number of hydrogen-bond acceptors (Lipinski definition) is 9. The molecule has 41 heavy (non-hydrogen) atoms. The smallest absolute Gasteiger partial charge is 0.270 e. The van der Waals surface area contributed by atoms with Gasteiger partial charge in [0.2, 0.25) is 11.8 Å². The summed E-state index contributed by atoms with van der Waals surface area (Å²) in [5.41, 5.74) is 3.38. The molecule has 0 saturated heterocycles. The standard InChI is InChI=1S/C30H23N5O6/c36-34(37)21-11-13-25(23(15-21)29-32-27(17-40-29)19-7-3-1-4-8-19)31-26-14-12-22(35(38)39)16-24(26)30-33-28(18-41-30)20-9-5-2-6-10-20/h1-16,27-28,31H,17-18H2.